The zero-order valence-corrected chi connectivity index (χ0v) is 12.6. The van der Waals surface area contributed by atoms with E-state index in [1.807, 2.05) is 19.2 Å². The van der Waals surface area contributed by atoms with E-state index in [4.69, 9.17) is 0 Å². The first-order valence-corrected chi connectivity index (χ1v) is 7.89. The predicted octanol–water partition coefficient (Wildman–Crippen LogP) is 3.26. The normalized spacial score (nSPS) is 16.0. The minimum absolute atomic E-state index is 0.797. The molecule has 1 aliphatic carbocycles. The number of benzene rings is 1. The van der Waals surface area contributed by atoms with Crippen molar-refractivity contribution < 1.29 is 0 Å². The second kappa shape index (κ2) is 6.70. The number of anilines is 1. The molecule has 0 aliphatic heterocycles. The number of nitrogens with zero attached hydrogens (tertiary/aromatic N) is 4. The number of aryl methyl sites for hydroxylation is 1. The third-order valence-corrected chi connectivity index (χ3v) is 4.35. The number of nitrogens with one attached hydrogen (secondary N) is 1. The van der Waals surface area contributed by atoms with Crippen LogP contribution in [0.3, 0.4) is 0 Å². The molecule has 5 nitrogen and oxygen atoms in total. The van der Waals surface area contributed by atoms with Crippen LogP contribution in [-0.2, 0) is 7.05 Å². The topological polar surface area (TPSA) is 55.6 Å². The van der Waals surface area contributed by atoms with E-state index >= 15 is 0 Å². The van der Waals surface area contributed by atoms with Crippen LogP contribution in [0.2, 0.25) is 0 Å². The lowest BCUT2D eigenvalue weighted by molar-refractivity contribution is 0.345. The molecular formula is C16H23N5. The Bertz CT molecular complexity index is 572. The summed E-state index contributed by atoms with van der Waals surface area (Å²) in [7, 11) is 1.86. The lowest BCUT2D eigenvalue weighted by Gasteiger charge is -2.21. The van der Waals surface area contributed by atoms with Gasteiger partial charge in [-0.3, -0.25) is 0 Å². The van der Waals surface area contributed by atoms with Crippen LogP contribution in [0.5, 0.6) is 0 Å². The molecule has 1 aliphatic rings. The molecule has 1 heterocycles. The fourth-order valence-corrected chi connectivity index (χ4v) is 3.14. The van der Waals surface area contributed by atoms with Crippen LogP contribution in [0.4, 0.5) is 5.69 Å². The summed E-state index contributed by atoms with van der Waals surface area (Å²) in [6.07, 6.45) is 8.35. The molecule has 0 radical (unpaired) electrons. The van der Waals surface area contributed by atoms with Gasteiger partial charge in [-0.2, -0.15) is 0 Å². The number of aromatic nitrogens is 4. The van der Waals surface area contributed by atoms with Gasteiger partial charge in [-0.25, -0.2) is 4.68 Å². The van der Waals surface area contributed by atoms with E-state index in [9.17, 15) is 0 Å². The summed E-state index contributed by atoms with van der Waals surface area (Å²) in [5.41, 5.74) is 2.19. The van der Waals surface area contributed by atoms with Crippen LogP contribution in [0, 0.1) is 5.92 Å². The Morgan fingerprint density at radius 2 is 2.10 bits per heavy atom. The van der Waals surface area contributed by atoms with E-state index in [-0.39, 0.29) is 0 Å². The van der Waals surface area contributed by atoms with Crippen molar-refractivity contribution in [1.82, 2.24) is 20.2 Å². The highest BCUT2D eigenvalue weighted by atomic mass is 15.5. The highest BCUT2D eigenvalue weighted by molar-refractivity contribution is 5.62. The van der Waals surface area contributed by atoms with E-state index in [0.29, 0.717) is 0 Å². The van der Waals surface area contributed by atoms with E-state index in [1.165, 1.54) is 38.5 Å². The van der Waals surface area contributed by atoms with Gasteiger partial charge in [0.05, 0.1) is 0 Å². The van der Waals surface area contributed by atoms with Crippen LogP contribution in [-0.4, -0.2) is 26.8 Å². The monoisotopic (exact) mass is 285 g/mol. The van der Waals surface area contributed by atoms with Gasteiger partial charge < -0.3 is 5.32 Å². The predicted molar refractivity (Wildman–Crippen MR) is 83.9 cm³/mol. The maximum absolute atomic E-state index is 4.05. The maximum atomic E-state index is 4.05. The Kier molecular flexibility index (Phi) is 4.48. The Morgan fingerprint density at radius 3 is 2.86 bits per heavy atom. The molecule has 3 rings (SSSR count). The summed E-state index contributed by atoms with van der Waals surface area (Å²) in [6, 6.07) is 8.31. The third kappa shape index (κ3) is 3.60. The molecule has 0 amide bonds. The van der Waals surface area contributed by atoms with E-state index in [1.54, 1.807) is 4.68 Å². The highest BCUT2D eigenvalue weighted by Gasteiger charge is 2.12. The molecule has 1 aromatic carbocycles. The molecular weight excluding hydrogens is 262 g/mol. The number of tetrazole rings is 1. The fraction of sp³-hybridized carbons (Fsp3) is 0.562. The fourth-order valence-electron chi connectivity index (χ4n) is 3.14. The van der Waals surface area contributed by atoms with Crippen LogP contribution in [0.1, 0.15) is 38.5 Å². The standard InChI is InChI=1S/C16H23N5/c1-21-16(18-19-20-21)14-8-5-9-15(12-14)17-11-10-13-6-3-2-4-7-13/h5,8-9,12-13,17H,2-4,6-7,10-11H2,1H3. The van der Waals surface area contributed by atoms with Crippen molar-refractivity contribution in [2.24, 2.45) is 13.0 Å². The first-order valence-electron chi connectivity index (χ1n) is 7.89. The molecule has 0 saturated heterocycles. The minimum atomic E-state index is 0.797. The molecule has 0 bridgehead atoms. The maximum Gasteiger partial charge on any atom is 0.181 e. The van der Waals surface area contributed by atoms with Crippen LogP contribution < -0.4 is 5.32 Å². The zero-order valence-electron chi connectivity index (χ0n) is 12.6. The van der Waals surface area contributed by atoms with Crippen molar-refractivity contribution in [2.45, 2.75) is 38.5 Å². The van der Waals surface area contributed by atoms with E-state index in [2.05, 4.69) is 33.0 Å². The molecule has 112 valence electrons. The molecule has 1 fully saturated rings. The molecule has 1 aromatic heterocycles. The average molecular weight is 285 g/mol. The van der Waals surface area contributed by atoms with Gasteiger partial charge in [-0.1, -0.05) is 44.2 Å². The Balaban J connectivity index is 1.57. The zero-order chi connectivity index (χ0) is 14.5. The first-order chi connectivity index (χ1) is 10.3. The van der Waals surface area contributed by atoms with Crippen molar-refractivity contribution in [3.63, 3.8) is 0 Å². The van der Waals surface area contributed by atoms with Gasteiger partial charge in [-0.05, 0) is 34.9 Å². The van der Waals surface area contributed by atoms with Gasteiger partial charge in [0.15, 0.2) is 5.82 Å². The molecule has 21 heavy (non-hydrogen) atoms. The summed E-state index contributed by atoms with van der Waals surface area (Å²) in [5.74, 6) is 1.71. The first kappa shape index (κ1) is 14.0. The summed E-state index contributed by atoms with van der Waals surface area (Å²) < 4.78 is 1.70. The SMILES string of the molecule is Cn1nnnc1-c1cccc(NCCC2CCCCC2)c1. The lowest BCUT2D eigenvalue weighted by atomic mass is 9.87. The molecule has 0 spiro atoms. The summed E-state index contributed by atoms with van der Waals surface area (Å²) >= 11 is 0. The summed E-state index contributed by atoms with van der Waals surface area (Å²) in [4.78, 5) is 0. The quantitative estimate of drug-likeness (QED) is 0.916. The van der Waals surface area contributed by atoms with Gasteiger partial charge in [0.25, 0.3) is 0 Å². The number of hydrogen-bond acceptors (Lipinski definition) is 4. The Morgan fingerprint density at radius 1 is 1.24 bits per heavy atom. The van der Waals surface area contributed by atoms with Crippen LogP contribution in [0.15, 0.2) is 24.3 Å². The summed E-state index contributed by atoms with van der Waals surface area (Å²) in [5, 5.41) is 15.2. The lowest BCUT2D eigenvalue weighted by Crippen LogP contribution is -2.12. The minimum Gasteiger partial charge on any atom is -0.385 e. The second-order valence-electron chi connectivity index (χ2n) is 5.93. The molecule has 0 atom stereocenters. The molecule has 2 aromatic rings. The summed E-state index contributed by atoms with van der Waals surface area (Å²) in [6.45, 7) is 1.05. The number of rotatable bonds is 5. The van der Waals surface area contributed by atoms with Crippen molar-refractivity contribution in [2.75, 3.05) is 11.9 Å². The van der Waals surface area contributed by atoms with Crippen molar-refractivity contribution >= 4 is 5.69 Å². The molecule has 0 unspecified atom stereocenters. The second-order valence-corrected chi connectivity index (χ2v) is 5.93. The van der Waals surface area contributed by atoms with Gasteiger partial charge in [-0.15, -0.1) is 5.10 Å². The molecule has 5 heteroatoms. The Labute approximate surface area is 125 Å². The highest BCUT2D eigenvalue weighted by Crippen LogP contribution is 2.26. The molecule has 1 N–H and O–H groups in total. The van der Waals surface area contributed by atoms with Crippen molar-refractivity contribution in [3.8, 4) is 11.4 Å². The van der Waals surface area contributed by atoms with Gasteiger partial charge in [0.2, 0.25) is 0 Å². The Hall–Kier alpha value is -1.91. The van der Waals surface area contributed by atoms with Gasteiger partial charge in [0.1, 0.15) is 0 Å². The smallest absolute Gasteiger partial charge is 0.181 e. The van der Waals surface area contributed by atoms with E-state index in [0.717, 1.165) is 29.5 Å². The average Bonchev–Trinajstić information content (AvgIpc) is 2.95. The van der Waals surface area contributed by atoms with Gasteiger partial charge in [0, 0.05) is 24.8 Å². The van der Waals surface area contributed by atoms with Crippen molar-refractivity contribution in [1.29, 1.82) is 0 Å². The van der Waals surface area contributed by atoms with E-state index < -0.39 is 0 Å². The van der Waals surface area contributed by atoms with Crippen LogP contribution >= 0.6 is 0 Å². The number of hydrogen-bond donors (Lipinski definition) is 1. The van der Waals surface area contributed by atoms with Crippen molar-refractivity contribution in [3.05, 3.63) is 24.3 Å². The van der Waals surface area contributed by atoms with Gasteiger partial charge >= 0.3 is 0 Å². The third-order valence-electron chi connectivity index (χ3n) is 4.35. The van der Waals surface area contributed by atoms with Crippen LogP contribution in [0.25, 0.3) is 11.4 Å². The largest absolute Gasteiger partial charge is 0.385 e. The molecule has 1 saturated carbocycles.